The van der Waals surface area contributed by atoms with Crippen LogP contribution < -0.4 is 5.32 Å². The summed E-state index contributed by atoms with van der Waals surface area (Å²) in [6.07, 6.45) is 12.3. The van der Waals surface area contributed by atoms with Gasteiger partial charge in [0.05, 0.1) is 6.10 Å². The number of aliphatic hydroxyl groups excluding tert-OH is 1. The highest BCUT2D eigenvalue weighted by atomic mass is 16.3. The maximum atomic E-state index is 10.2. The van der Waals surface area contributed by atoms with Crippen LogP contribution in [0.4, 0.5) is 0 Å². The van der Waals surface area contributed by atoms with Crippen molar-refractivity contribution in [3.05, 3.63) is 47.5 Å². The van der Waals surface area contributed by atoms with Gasteiger partial charge in [-0.1, -0.05) is 55.8 Å². The fraction of sp³-hybridized carbons (Fsp3) is 0.692. The van der Waals surface area contributed by atoms with Gasteiger partial charge in [0.1, 0.15) is 0 Å². The normalized spacial score (nSPS) is 45.0. The molecular formula is C26H37NO. The Morgan fingerprint density at radius 3 is 2.64 bits per heavy atom. The third-order valence-electron chi connectivity index (χ3n) is 9.47. The van der Waals surface area contributed by atoms with Gasteiger partial charge in [-0.25, -0.2) is 0 Å². The number of hydrogen-bond donors (Lipinski definition) is 2. The Kier molecular flexibility index (Phi) is 4.71. The Balaban J connectivity index is 1.34. The summed E-state index contributed by atoms with van der Waals surface area (Å²) in [6.45, 7) is 6.13. The Bertz CT molecular complexity index is 742. The monoisotopic (exact) mass is 379 g/mol. The summed E-state index contributed by atoms with van der Waals surface area (Å²) in [5.41, 5.74) is 3.81. The van der Waals surface area contributed by atoms with Crippen molar-refractivity contribution in [2.45, 2.75) is 83.9 Å². The second-order valence-electron chi connectivity index (χ2n) is 10.7. The van der Waals surface area contributed by atoms with Crippen LogP contribution in [0.2, 0.25) is 0 Å². The van der Waals surface area contributed by atoms with Crippen LogP contribution in [0, 0.1) is 28.6 Å². The molecule has 0 aliphatic heterocycles. The molecule has 0 spiro atoms. The molecule has 0 heterocycles. The van der Waals surface area contributed by atoms with Crippen molar-refractivity contribution in [2.24, 2.45) is 28.6 Å². The molecule has 0 radical (unpaired) electrons. The van der Waals surface area contributed by atoms with Gasteiger partial charge in [0.15, 0.2) is 0 Å². The van der Waals surface area contributed by atoms with E-state index in [-0.39, 0.29) is 6.10 Å². The van der Waals surface area contributed by atoms with Gasteiger partial charge in [-0.15, -0.1) is 0 Å². The van der Waals surface area contributed by atoms with Gasteiger partial charge in [0.25, 0.3) is 0 Å². The molecule has 3 saturated carbocycles. The SMILES string of the molecule is C[C@]12CC[C@H](O)CC1=CCC1C2CC[C@@]2(C)C1CC[C@@H]2NCc1ccccc1. The zero-order valence-electron chi connectivity index (χ0n) is 17.7. The minimum absolute atomic E-state index is 0.0946. The van der Waals surface area contributed by atoms with Gasteiger partial charge in [0.2, 0.25) is 0 Å². The minimum Gasteiger partial charge on any atom is -0.393 e. The van der Waals surface area contributed by atoms with Crippen LogP contribution in [0.15, 0.2) is 42.0 Å². The lowest BCUT2D eigenvalue weighted by Crippen LogP contribution is -2.53. The van der Waals surface area contributed by atoms with Crippen LogP contribution in [-0.2, 0) is 6.54 Å². The first-order valence-corrected chi connectivity index (χ1v) is 11.7. The first-order valence-electron chi connectivity index (χ1n) is 11.7. The predicted octanol–water partition coefficient (Wildman–Crippen LogP) is 5.47. The molecule has 2 nitrogen and oxygen atoms in total. The molecule has 152 valence electrons. The van der Waals surface area contributed by atoms with Gasteiger partial charge in [-0.05, 0) is 85.5 Å². The summed E-state index contributed by atoms with van der Waals surface area (Å²) in [5.74, 6) is 2.55. The number of benzene rings is 1. The van der Waals surface area contributed by atoms with E-state index < -0.39 is 0 Å². The molecule has 0 bridgehead atoms. The van der Waals surface area contributed by atoms with Crippen molar-refractivity contribution in [1.29, 1.82) is 0 Å². The summed E-state index contributed by atoms with van der Waals surface area (Å²) < 4.78 is 0. The minimum atomic E-state index is -0.0946. The maximum Gasteiger partial charge on any atom is 0.0577 e. The fourth-order valence-corrected chi connectivity index (χ4v) is 7.81. The first-order chi connectivity index (χ1) is 13.5. The van der Waals surface area contributed by atoms with E-state index in [1.807, 2.05) is 0 Å². The molecule has 0 saturated heterocycles. The van der Waals surface area contributed by atoms with E-state index in [1.165, 1.54) is 44.1 Å². The average Bonchev–Trinajstić information content (AvgIpc) is 3.04. The van der Waals surface area contributed by atoms with Gasteiger partial charge in [-0.2, -0.15) is 0 Å². The molecule has 3 unspecified atom stereocenters. The smallest absolute Gasteiger partial charge is 0.0577 e. The molecule has 2 heteroatoms. The summed E-state index contributed by atoms with van der Waals surface area (Å²) in [4.78, 5) is 0. The summed E-state index contributed by atoms with van der Waals surface area (Å²) >= 11 is 0. The Morgan fingerprint density at radius 1 is 1.00 bits per heavy atom. The van der Waals surface area contributed by atoms with E-state index in [0.717, 1.165) is 37.1 Å². The van der Waals surface area contributed by atoms with Crippen molar-refractivity contribution in [3.8, 4) is 0 Å². The lowest BCUT2D eigenvalue weighted by molar-refractivity contribution is -0.0435. The van der Waals surface area contributed by atoms with Crippen LogP contribution in [0.5, 0.6) is 0 Å². The number of nitrogens with one attached hydrogen (secondary N) is 1. The van der Waals surface area contributed by atoms with E-state index in [0.29, 0.717) is 16.9 Å². The number of aliphatic hydroxyl groups is 1. The van der Waals surface area contributed by atoms with E-state index in [2.05, 4.69) is 55.6 Å². The summed E-state index contributed by atoms with van der Waals surface area (Å²) in [7, 11) is 0. The molecule has 0 amide bonds. The fourth-order valence-electron chi connectivity index (χ4n) is 7.81. The Labute approximate surface area is 170 Å². The molecule has 7 atom stereocenters. The summed E-state index contributed by atoms with van der Waals surface area (Å²) in [6, 6.07) is 11.5. The number of fused-ring (bicyclic) bond motifs is 5. The molecule has 0 aromatic heterocycles. The standard InChI is InChI=1S/C26H37NO/c1-25-14-12-20(28)16-19(25)8-9-21-22-10-11-24(26(22,2)15-13-23(21)25)27-17-18-6-4-3-5-7-18/h3-8,20-24,27-28H,9-17H2,1-2H3/t20-,21?,22?,23?,24-,25-,26-/m0/s1. The molecule has 4 aliphatic rings. The van der Waals surface area contributed by atoms with Crippen molar-refractivity contribution in [2.75, 3.05) is 0 Å². The molecule has 1 aromatic rings. The highest BCUT2D eigenvalue weighted by Gasteiger charge is 2.58. The Hall–Kier alpha value is -1.12. The third-order valence-corrected chi connectivity index (χ3v) is 9.47. The number of rotatable bonds is 3. The van der Waals surface area contributed by atoms with Gasteiger partial charge < -0.3 is 10.4 Å². The van der Waals surface area contributed by atoms with Crippen molar-refractivity contribution in [3.63, 3.8) is 0 Å². The maximum absolute atomic E-state index is 10.2. The second kappa shape index (κ2) is 6.99. The molecular weight excluding hydrogens is 342 g/mol. The highest BCUT2D eigenvalue weighted by Crippen LogP contribution is 2.64. The molecule has 2 N–H and O–H groups in total. The van der Waals surface area contributed by atoms with Crippen LogP contribution in [-0.4, -0.2) is 17.3 Å². The van der Waals surface area contributed by atoms with Gasteiger partial charge in [-0.3, -0.25) is 0 Å². The van der Waals surface area contributed by atoms with E-state index in [1.54, 1.807) is 5.57 Å². The molecule has 1 aromatic carbocycles. The van der Waals surface area contributed by atoms with E-state index in [4.69, 9.17) is 0 Å². The van der Waals surface area contributed by atoms with Crippen LogP contribution in [0.3, 0.4) is 0 Å². The van der Waals surface area contributed by atoms with Crippen LogP contribution in [0.25, 0.3) is 0 Å². The molecule has 4 aliphatic carbocycles. The van der Waals surface area contributed by atoms with Crippen molar-refractivity contribution >= 4 is 0 Å². The van der Waals surface area contributed by atoms with Crippen LogP contribution in [0.1, 0.15) is 70.8 Å². The summed E-state index contributed by atoms with van der Waals surface area (Å²) in [5, 5.41) is 14.1. The number of allylic oxidation sites excluding steroid dienone is 1. The van der Waals surface area contributed by atoms with E-state index in [9.17, 15) is 5.11 Å². The lowest BCUT2D eigenvalue weighted by atomic mass is 9.48. The van der Waals surface area contributed by atoms with Crippen LogP contribution >= 0.6 is 0 Å². The number of hydrogen-bond acceptors (Lipinski definition) is 2. The molecule has 28 heavy (non-hydrogen) atoms. The average molecular weight is 380 g/mol. The topological polar surface area (TPSA) is 32.3 Å². The predicted molar refractivity (Wildman–Crippen MR) is 115 cm³/mol. The van der Waals surface area contributed by atoms with Crippen molar-refractivity contribution in [1.82, 2.24) is 5.32 Å². The molecule has 3 fully saturated rings. The zero-order chi connectivity index (χ0) is 19.4. The Morgan fingerprint density at radius 2 is 1.82 bits per heavy atom. The third kappa shape index (κ3) is 2.91. The van der Waals surface area contributed by atoms with Gasteiger partial charge >= 0.3 is 0 Å². The lowest BCUT2D eigenvalue weighted by Gasteiger charge is -2.58. The van der Waals surface area contributed by atoms with E-state index >= 15 is 0 Å². The van der Waals surface area contributed by atoms with Crippen molar-refractivity contribution < 1.29 is 5.11 Å². The quantitative estimate of drug-likeness (QED) is 0.683. The van der Waals surface area contributed by atoms with Gasteiger partial charge in [0, 0.05) is 12.6 Å². The highest BCUT2D eigenvalue weighted by molar-refractivity contribution is 5.25. The molecule has 5 rings (SSSR count). The largest absolute Gasteiger partial charge is 0.393 e. The first kappa shape index (κ1) is 18.9. The second-order valence-corrected chi connectivity index (χ2v) is 10.7. The zero-order valence-corrected chi connectivity index (χ0v) is 17.7.